The quantitative estimate of drug-likeness (QED) is 0.892. The summed E-state index contributed by atoms with van der Waals surface area (Å²) >= 11 is 0. The van der Waals surface area contributed by atoms with Crippen molar-refractivity contribution in [2.75, 3.05) is 27.3 Å². The Kier molecular flexibility index (Phi) is 4.52. The molecule has 7 heteroatoms. The molecule has 6 nitrogen and oxygen atoms in total. The van der Waals surface area contributed by atoms with E-state index in [9.17, 15) is 13.5 Å². The van der Waals surface area contributed by atoms with Gasteiger partial charge < -0.3 is 14.6 Å². The number of nitrogens with zero attached hydrogens (tertiary/aromatic N) is 1. The highest BCUT2D eigenvalue weighted by Crippen LogP contribution is 2.31. The van der Waals surface area contributed by atoms with Crippen LogP contribution in [0.1, 0.15) is 12.8 Å². The van der Waals surface area contributed by atoms with Crippen molar-refractivity contribution in [3.8, 4) is 11.5 Å². The Hall–Kier alpha value is -1.31. The molecule has 1 N–H and O–H groups in total. The van der Waals surface area contributed by atoms with Crippen LogP contribution in [-0.4, -0.2) is 51.2 Å². The number of ether oxygens (including phenoxy) is 2. The standard InChI is InChI=1S/C13H19NO5S/c1-18-12-4-3-11(9-13(12)19-2)20(16,17)14-7-5-10(15)6-8-14/h3-4,9-10,15H,5-8H2,1-2H3. The number of methoxy groups -OCH3 is 2. The second-order valence-corrected chi connectivity index (χ2v) is 6.59. The van der Waals surface area contributed by atoms with Gasteiger partial charge in [-0.3, -0.25) is 0 Å². The zero-order valence-electron chi connectivity index (χ0n) is 11.6. The van der Waals surface area contributed by atoms with E-state index in [-0.39, 0.29) is 4.90 Å². The number of aliphatic hydroxyl groups is 1. The van der Waals surface area contributed by atoms with Crippen LogP contribution in [-0.2, 0) is 10.0 Å². The molecule has 1 heterocycles. The lowest BCUT2D eigenvalue weighted by atomic mass is 10.1. The molecule has 1 fully saturated rings. The fourth-order valence-corrected chi connectivity index (χ4v) is 3.69. The highest BCUT2D eigenvalue weighted by Gasteiger charge is 2.29. The van der Waals surface area contributed by atoms with Crippen LogP contribution in [0.4, 0.5) is 0 Å². The van der Waals surface area contributed by atoms with Crippen molar-refractivity contribution in [1.29, 1.82) is 0 Å². The molecular weight excluding hydrogens is 282 g/mol. The molecule has 0 atom stereocenters. The molecule has 0 bridgehead atoms. The zero-order valence-corrected chi connectivity index (χ0v) is 12.4. The topological polar surface area (TPSA) is 76.1 Å². The Morgan fingerprint density at radius 1 is 1.15 bits per heavy atom. The van der Waals surface area contributed by atoms with Gasteiger partial charge in [0.15, 0.2) is 11.5 Å². The van der Waals surface area contributed by atoms with Crippen LogP contribution >= 0.6 is 0 Å². The van der Waals surface area contributed by atoms with Crippen molar-refractivity contribution in [1.82, 2.24) is 4.31 Å². The van der Waals surface area contributed by atoms with E-state index < -0.39 is 16.1 Å². The van der Waals surface area contributed by atoms with E-state index in [0.29, 0.717) is 37.4 Å². The van der Waals surface area contributed by atoms with Crippen LogP contribution in [0.5, 0.6) is 11.5 Å². The third kappa shape index (κ3) is 2.89. The summed E-state index contributed by atoms with van der Waals surface area (Å²) in [6.07, 6.45) is 0.519. The number of sulfonamides is 1. The van der Waals surface area contributed by atoms with E-state index >= 15 is 0 Å². The summed E-state index contributed by atoms with van der Waals surface area (Å²) in [5, 5.41) is 9.46. The Balaban J connectivity index is 2.30. The van der Waals surface area contributed by atoms with Crippen molar-refractivity contribution in [2.45, 2.75) is 23.8 Å². The first-order valence-corrected chi connectivity index (χ1v) is 7.83. The van der Waals surface area contributed by atoms with Crippen LogP contribution in [0.3, 0.4) is 0 Å². The van der Waals surface area contributed by atoms with Gasteiger partial charge in [0.2, 0.25) is 10.0 Å². The summed E-state index contributed by atoms with van der Waals surface area (Å²) in [7, 11) is -0.595. The molecule has 0 aliphatic carbocycles. The fraction of sp³-hybridized carbons (Fsp3) is 0.538. The summed E-state index contributed by atoms with van der Waals surface area (Å²) in [5.74, 6) is 0.867. The minimum atomic E-state index is -3.56. The number of aliphatic hydroxyl groups excluding tert-OH is 1. The largest absolute Gasteiger partial charge is 0.493 e. The predicted octanol–water partition coefficient (Wildman–Crippen LogP) is 0.849. The lowest BCUT2D eigenvalue weighted by Gasteiger charge is -2.28. The molecule has 0 saturated carbocycles. The number of hydrogen-bond acceptors (Lipinski definition) is 5. The van der Waals surface area contributed by atoms with Gasteiger partial charge in [0.25, 0.3) is 0 Å². The van der Waals surface area contributed by atoms with Gasteiger partial charge in [-0.05, 0) is 25.0 Å². The molecule has 1 aromatic rings. The van der Waals surface area contributed by atoms with E-state index in [1.54, 1.807) is 6.07 Å². The van der Waals surface area contributed by atoms with Crippen molar-refractivity contribution < 1.29 is 23.0 Å². The first kappa shape index (κ1) is 15.1. The lowest BCUT2D eigenvalue weighted by Crippen LogP contribution is -2.39. The van der Waals surface area contributed by atoms with Gasteiger partial charge in [0.05, 0.1) is 25.2 Å². The van der Waals surface area contributed by atoms with Crippen molar-refractivity contribution in [3.05, 3.63) is 18.2 Å². The third-order valence-electron chi connectivity index (χ3n) is 3.42. The van der Waals surface area contributed by atoms with E-state index in [1.807, 2.05) is 0 Å². The minimum absolute atomic E-state index is 0.173. The first-order valence-electron chi connectivity index (χ1n) is 6.39. The maximum Gasteiger partial charge on any atom is 0.243 e. The van der Waals surface area contributed by atoms with Gasteiger partial charge in [0, 0.05) is 19.2 Å². The van der Waals surface area contributed by atoms with Gasteiger partial charge in [-0.2, -0.15) is 4.31 Å². The highest BCUT2D eigenvalue weighted by atomic mass is 32.2. The monoisotopic (exact) mass is 301 g/mol. The maximum atomic E-state index is 12.5. The molecular formula is C13H19NO5S. The number of piperidine rings is 1. The molecule has 2 rings (SSSR count). The molecule has 1 aromatic carbocycles. The van der Waals surface area contributed by atoms with Crippen molar-refractivity contribution in [3.63, 3.8) is 0 Å². The van der Waals surface area contributed by atoms with Crippen molar-refractivity contribution >= 4 is 10.0 Å². The summed E-state index contributed by atoms with van der Waals surface area (Å²) in [4.78, 5) is 0.173. The summed E-state index contributed by atoms with van der Waals surface area (Å²) in [6.45, 7) is 0.662. The van der Waals surface area contributed by atoms with Gasteiger partial charge >= 0.3 is 0 Å². The lowest BCUT2D eigenvalue weighted by molar-refractivity contribution is 0.113. The minimum Gasteiger partial charge on any atom is -0.493 e. The summed E-state index contributed by atoms with van der Waals surface area (Å²) < 4.78 is 36.6. The SMILES string of the molecule is COc1ccc(S(=O)(=O)N2CCC(O)CC2)cc1OC. The van der Waals surface area contributed by atoms with Gasteiger partial charge in [0.1, 0.15) is 0 Å². The second kappa shape index (κ2) is 5.99. The average molecular weight is 301 g/mol. The molecule has 0 unspecified atom stereocenters. The Morgan fingerprint density at radius 2 is 1.75 bits per heavy atom. The van der Waals surface area contributed by atoms with Crippen LogP contribution in [0.15, 0.2) is 23.1 Å². The Bertz CT molecular complexity index is 564. The van der Waals surface area contributed by atoms with Gasteiger partial charge in [-0.15, -0.1) is 0 Å². The van der Waals surface area contributed by atoms with Crippen LogP contribution in [0, 0.1) is 0 Å². The molecule has 0 amide bonds. The van der Waals surface area contributed by atoms with Crippen LogP contribution < -0.4 is 9.47 Å². The summed E-state index contributed by atoms with van der Waals surface area (Å²) in [5.41, 5.74) is 0. The van der Waals surface area contributed by atoms with E-state index in [2.05, 4.69) is 0 Å². The van der Waals surface area contributed by atoms with E-state index in [1.165, 1.54) is 30.7 Å². The second-order valence-electron chi connectivity index (χ2n) is 4.65. The average Bonchev–Trinajstić information content (AvgIpc) is 2.46. The van der Waals surface area contributed by atoms with E-state index in [4.69, 9.17) is 9.47 Å². The molecule has 0 spiro atoms. The molecule has 1 aliphatic heterocycles. The number of rotatable bonds is 4. The Labute approximate surface area is 119 Å². The molecule has 0 aromatic heterocycles. The number of benzene rings is 1. The molecule has 112 valence electrons. The van der Waals surface area contributed by atoms with Crippen LogP contribution in [0.25, 0.3) is 0 Å². The normalized spacial score (nSPS) is 17.9. The molecule has 1 saturated heterocycles. The van der Waals surface area contributed by atoms with Crippen LogP contribution in [0.2, 0.25) is 0 Å². The van der Waals surface area contributed by atoms with Crippen molar-refractivity contribution in [2.24, 2.45) is 0 Å². The predicted molar refractivity (Wildman–Crippen MR) is 73.5 cm³/mol. The van der Waals surface area contributed by atoms with Gasteiger partial charge in [-0.1, -0.05) is 0 Å². The zero-order chi connectivity index (χ0) is 14.8. The maximum absolute atomic E-state index is 12.5. The van der Waals surface area contributed by atoms with E-state index in [0.717, 1.165) is 0 Å². The molecule has 20 heavy (non-hydrogen) atoms. The fourth-order valence-electron chi connectivity index (χ4n) is 2.21. The third-order valence-corrected chi connectivity index (χ3v) is 5.31. The Morgan fingerprint density at radius 3 is 2.30 bits per heavy atom. The molecule has 0 radical (unpaired) electrons. The first-order chi connectivity index (χ1) is 9.48. The highest BCUT2D eigenvalue weighted by molar-refractivity contribution is 7.89. The number of hydrogen-bond donors (Lipinski definition) is 1. The smallest absolute Gasteiger partial charge is 0.243 e. The summed E-state index contributed by atoms with van der Waals surface area (Å²) in [6, 6.07) is 4.53. The molecule has 1 aliphatic rings. The van der Waals surface area contributed by atoms with Gasteiger partial charge in [-0.25, -0.2) is 8.42 Å².